The molecule has 2 N–H and O–H groups in total. The zero-order valence-electron chi connectivity index (χ0n) is 45.0. The Hall–Kier alpha value is -5.21. The number of esters is 2. The van der Waals surface area contributed by atoms with Crippen molar-refractivity contribution in [2.24, 2.45) is 35.0 Å². The molecule has 0 unspecified atom stereocenters. The number of nitrogens with zero attached hydrogens (tertiary/aromatic N) is 5. The lowest BCUT2D eigenvalue weighted by Gasteiger charge is -2.40. The van der Waals surface area contributed by atoms with E-state index in [0.29, 0.717) is 44.9 Å². The van der Waals surface area contributed by atoms with Crippen molar-refractivity contribution in [1.82, 2.24) is 35.1 Å². The molecule has 3 aliphatic rings. The number of amides is 7. The van der Waals surface area contributed by atoms with E-state index >= 15 is 0 Å². The first-order valence-corrected chi connectivity index (χ1v) is 25.4. The molecule has 70 heavy (non-hydrogen) atoms. The van der Waals surface area contributed by atoms with Crippen LogP contribution in [0, 0.1) is 47.3 Å². The molecule has 0 bridgehead atoms. The lowest BCUT2D eigenvalue weighted by molar-refractivity contribution is -0.172. The minimum atomic E-state index is -1.45. The number of fused-ring (bicyclic) bond motifs is 2. The van der Waals surface area contributed by atoms with Crippen LogP contribution < -0.4 is 10.6 Å². The third kappa shape index (κ3) is 13.4. The van der Waals surface area contributed by atoms with Gasteiger partial charge in [0.1, 0.15) is 48.4 Å². The minimum Gasteiger partial charge on any atom is -0.460 e. The van der Waals surface area contributed by atoms with Gasteiger partial charge in [0, 0.05) is 40.7 Å². The van der Waals surface area contributed by atoms with Crippen LogP contribution >= 0.6 is 0 Å². The zero-order valence-corrected chi connectivity index (χ0v) is 45.0. The molecule has 18 heteroatoms. The van der Waals surface area contributed by atoms with Crippen LogP contribution in [0.25, 0.3) is 0 Å². The van der Waals surface area contributed by atoms with Crippen molar-refractivity contribution in [2.45, 2.75) is 196 Å². The average molecular weight is 984 g/mol. The van der Waals surface area contributed by atoms with Crippen LogP contribution in [-0.4, -0.2) is 167 Å². The number of rotatable bonds is 9. The van der Waals surface area contributed by atoms with Crippen molar-refractivity contribution in [3.63, 3.8) is 0 Å². The van der Waals surface area contributed by atoms with E-state index in [0.717, 1.165) is 0 Å². The van der Waals surface area contributed by atoms with E-state index in [1.807, 2.05) is 6.92 Å². The molecular formula is C52H85N7O11. The van der Waals surface area contributed by atoms with Gasteiger partial charge in [0.25, 0.3) is 5.91 Å². The molecule has 7 amide bonds. The molecule has 3 fully saturated rings. The highest BCUT2D eigenvalue weighted by atomic mass is 16.6. The summed E-state index contributed by atoms with van der Waals surface area (Å²) in [7, 11) is 4.37. The molecule has 394 valence electrons. The normalized spacial score (nSPS) is 29.4. The number of cyclic esters (lactones) is 2. The molecule has 0 aromatic rings. The van der Waals surface area contributed by atoms with Gasteiger partial charge in [-0.15, -0.1) is 12.3 Å². The van der Waals surface area contributed by atoms with Gasteiger partial charge in [0.15, 0.2) is 6.10 Å². The fraction of sp³-hybridized carbons (Fsp3) is 0.788. The van der Waals surface area contributed by atoms with Crippen molar-refractivity contribution in [3.05, 3.63) is 0 Å². The Kier molecular flexibility index (Phi) is 21.3. The fourth-order valence-electron chi connectivity index (χ4n) is 9.81. The summed E-state index contributed by atoms with van der Waals surface area (Å²) in [5, 5.41) is 5.77. The molecule has 0 spiro atoms. The number of likely N-dealkylation sites (N-methyl/N-ethyl adjacent to an activating group) is 3. The molecule has 10 atom stereocenters. The molecule has 3 saturated heterocycles. The Morgan fingerprint density at radius 2 is 1.19 bits per heavy atom. The standard InChI is InChI=1S/C52H85N7O11/c1-18-20-21-26-37-52(13,14)51(68)54-39(33(11)19-2)46(63)55(15)34(12)44(61)56(16)40(30(5)6)47(64)57(17)41(31(7)8)50(67)70-42(32(9)10)48(65)59-28-23-25-36(59)45(62)58-27-22-24-35(58)43(60)53-38(29(3)4)49(66)69-37/h1,29-42H,19-28H2,2-17H3,(H,53,60)(H,54,68)/t33-,34-,35-,36-,37+,38-,39-,40-,41-,42-/m0/s1. The van der Waals surface area contributed by atoms with Gasteiger partial charge in [-0.1, -0.05) is 75.7 Å². The third-order valence-corrected chi connectivity index (χ3v) is 14.7. The second-order valence-electron chi connectivity index (χ2n) is 21.7. The predicted molar refractivity (Wildman–Crippen MR) is 264 cm³/mol. The van der Waals surface area contributed by atoms with Crippen LogP contribution in [-0.2, 0) is 52.6 Å². The Morgan fingerprint density at radius 3 is 1.70 bits per heavy atom. The Bertz CT molecular complexity index is 1960. The van der Waals surface area contributed by atoms with Crippen molar-refractivity contribution < 1.29 is 52.6 Å². The lowest BCUT2D eigenvalue weighted by Crippen LogP contribution is -2.61. The van der Waals surface area contributed by atoms with E-state index in [1.54, 1.807) is 76.2 Å². The van der Waals surface area contributed by atoms with E-state index in [4.69, 9.17) is 15.9 Å². The van der Waals surface area contributed by atoms with Crippen LogP contribution in [0.3, 0.4) is 0 Å². The number of carbonyl (C=O) groups is 9. The molecule has 0 saturated carbocycles. The number of hydrogen-bond acceptors (Lipinski definition) is 11. The van der Waals surface area contributed by atoms with Crippen LogP contribution in [0.1, 0.15) is 141 Å². The summed E-state index contributed by atoms with van der Waals surface area (Å²) in [6.45, 7) is 22.8. The van der Waals surface area contributed by atoms with Crippen LogP contribution in [0.5, 0.6) is 0 Å². The molecule has 0 aromatic carbocycles. The number of hydrogen-bond donors (Lipinski definition) is 2. The predicted octanol–water partition coefficient (Wildman–Crippen LogP) is 3.78. The van der Waals surface area contributed by atoms with Gasteiger partial charge in [0.2, 0.25) is 35.4 Å². The molecule has 0 aromatic heterocycles. The van der Waals surface area contributed by atoms with E-state index in [-0.39, 0.29) is 19.5 Å². The van der Waals surface area contributed by atoms with E-state index in [9.17, 15) is 43.2 Å². The molecular weight excluding hydrogens is 899 g/mol. The third-order valence-electron chi connectivity index (χ3n) is 14.7. The second kappa shape index (κ2) is 25.3. The first kappa shape index (κ1) is 59.1. The van der Waals surface area contributed by atoms with Gasteiger partial charge < -0.3 is 44.6 Å². The number of unbranched alkanes of at least 4 members (excludes halogenated alkanes) is 1. The smallest absolute Gasteiger partial charge is 0.329 e. The van der Waals surface area contributed by atoms with Crippen molar-refractivity contribution in [2.75, 3.05) is 34.2 Å². The highest BCUT2D eigenvalue weighted by Gasteiger charge is 2.48. The minimum absolute atomic E-state index is 0.177. The van der Waals surface area contributed by atoms with Gasteiger partial charge in [-0.25, -0.2) is 9.59 Å². The van der Waals surface area contributed by atoms with Crippen LogP contribution in [0.2, 0.25) is 0 Å². The molecule has 0 radical (unpaired) electrons. The summed E-state index contributed by atoms with van der Waals surface area (Å²) in [5.41, 5.74) is -1.45. The van der Waals surface area contributed by atoms with Gasteiger partial charge >= 0.3 is 11.9 Å². The number of carbonyl (C=O) groups excluding carboxylic acids is 9. The second-order valence-corrected chi connectivity index (χ2v) is 21.7. The van der Waals surface area contributed by atoms with Crippen molar-refractivity contribution in [1.29, 1.82) is 0 Å². The highest BCUT2D eigenvalue weighted by molar-refractivity contribution is 5.97. The van der Waals surface area contributed by atoms with Gasteiger partial charge in [0.05, 0.1) is 5.41 Å². The molecule has 18 nitrogen and oxygen atoms in total. The Labute approximate surface area is 417 Å². The van der Waals surface area contributed by atoms with E-state index in [1.165, 1.54) is 52.6 Å². The molecule has 3 heterocycles. The Morgan fingerprint density at radius 1 is 0.643 bits per heavy atom. The monoisotopic (exact) mass is 984 g/mol. The van der Waals surface area contributed by atoms with Gasteiger partial charge in [-0.2, -0.15) is 0 Å². The summed E-state index contributed by atoms with van der Waals surface area (Å²) in [5.74, 6) is -5.36. The topological polar surface area (TPSA) is 212 Å². The quantitative estimate of drug-likeness (QED) is 0.193. The summed E-state index contributed by atoms with van der Waals surface area (Å²) in [6.07, 6.45) is 6.17. The SMILES string of the molecule is C#CCCC[C@H]1OC(=O)[C@H](C(C)C)NC(=O)[C@@H]2CCCN2C(=O)[C@@H]2CCCN2C(=O)[C@H](C(C)C)OC(=O)[C@H](C(C)C)N(C)C(=O)[C@H](C(C)C)N(C)C(=O)[C@H](C)N(C)C(=O)[C@H]([C@@H](C)CC)NC(=O)C1(C)C. The summed E-state index contributed by atoms with van der Waals surface area (Å²) in [4.78, 5) is 137. The molecule has 3 aliphatic heterocycles. The number of ether oxygens (including phenoxy) is 2. The number of nitrogens with one attached hydrogen (secondary N) is 2. The van der Waals surface area contributed by atoms with Crippen LogP contribution in [0.15, 0.2) is 0 Å². The Balaban J connectivity index is 2.22. The maximum absolute atomic E-state index is 14.6. The lowest BCUT2D eigenvalue weighted by atomic mass is 9.81. The largest absolute Gasteiger partial charge is 0.460 e. The maximum atomic E-state index is 14.6. The summed E-state index contributed by atoms with van der Waals surface area (Å²) >= 11 is 0. The fourth-order valence-corrected chi connectivity index (χ4v) is 9.81. The van der Waals surface area contributed by atoms with E-state index in [2.05, 4.69) is 16.6 Å². The van der Waals surface area contributed by atoms with Crippen molar-refractivity contribution >= 4 is 53.3 Å². The molecule has 0 aliphatic carbocycles. The van der Waals surface area contributed by atoms with Crippen molar-refractivity contribution in [3.8, 4) is 12.3 Å². The van der Waals surface area contributed by atoms with Gasteiger partial charge in [-0.3, -0.25) is 33.6 Å². The first-order chi connectivity index (χ1) is 32.6. The number of terminal acetylenes is 1. The zero-order chi connectivity index (χ0) is 53.3. The summed E-state index contributed by atoms with van der Waals surface area (Å²) in [6, 6.07) is -7.63. The average Bonchev–Trinajstić information content (AvgIpc) is 4.00. The van der Waals surface area contributed by atoms with Gasteiger partial charge in [-0.05, 0) is 88.9 Å². The first-order valence-electron chi connectivity index (χ1n) is 25.4. The van der Waals surface area contributed by atoms with Crippen LogP contribution in [0.4, 0.5) is 0 Å². The highest BCUT2D eigenvalue weighted by Crippen LogP contribution is 2.32. The van der Waals surface area contributed by atoms with E-state index < -0.39 is 143 Å². The molecule has 3 rings (SSSR count). The summed E-state index contributed by atoms with van der Waals surface area (Å²) < 4.78 is 12.2. The maximum Gasteiger partial charge on any atom is 0.329 e.